The van der Waals surface area contributed by atoms with Gasteiger partial charge in [0.1, 0.15) is 5.82 Å². The van der Waals surface area contributed by atoms with Gasteiger partial charge in [-0.2, -0.15) is 0 Å². The molecule has 15 heavy (non-hydrogen) atoms. The maximum Gasteiger partial charge on any atom is 0.142 e. The first-order chi connectivity index (χ1) is 6.72. The summed E-state index contributed by atoms with van der Waals surface area (Å²) in [7, 11) is 0. The average molecular weight is 248 g/mol. The van der Waals surface area contributed by atoms with Gasteiger partial charge in [-0.25, -0.2) is 4.39 Å². The van der Waals surface area contributed by atoms with E-state index in [-0.39, 0.29) is 28.7 Å². The number of halogens is 3. The van der Waals surface area contributed by atoms with Gasteiger partial charge in [0, 0.05) is 12.0 Å². The highest BCUT2D eigenvalue weighted by Crippen LogP contribution is 2.56. The van der Waals surface area contributed by atoms with Crippen LogP contribution in [0.15, 0.2) is 18.2 Å². The number of piperidine rings is 1. The topological polar surface area (TPSA) is 12.0 Å². The van der Waals surface area contributed by atoms with E-state index >= 15 is 0 Å². The molecule has 1 aromatic carbocycles. The summed E-state index contributed by atoms with van der Waals surface area (Å²) in [6.45, 7) is 2.06. The Morgan fingerprint density at radius 3 is 2.80 bits per heavy atom. The Bertz CT molecular complexity index is 396. The van der Waals surface area contributed by atoms with E-state index in [1.54, 1.807) is 12.1 Å². The second-order valence-electron chi connectivity index (χ2n) is 4.32. The number of hydrogen-bond donors (Lipinski definition) is 1. The normalized spacial score (nSPS) is 32.0. The molecule has 0 aromatic heterocycles. The van der Waals surface area contributed by atoms with Crippen LogP contribution in [0.25, 0.3) is 0 Å². The summed E-state index contributed by atoms with van der Waals surface area (Å²) >= 11 is 5.66. The number of rotatable bonds is 1. The van der Waals surface area contributed by atoms with Gasteiger partial charge in [0.2, 0.25) is 0 Å². The van der Waals surface area contributed by atoms with E-state index in [1.165, 1.54) is 6.42 Å². The molecule has 1 nitrogen and oxygen atoms in total. The zero-order chi connectivity index (χ0) is 9.76. The monoisotopic (exact) mass is 247 g/mol. The fraction of sp³-hybridized carbons (Fsp3) is 0.455. The first-order valence-corrected chi connectivity index (χ1v) is 5.26. The Hall–Kier alpha value is -0.310. The summed E-state index contributed by atoms with van der Waals surface area (Å²) in [6.07, 6.45) is 1.20. The Morgan fingerprint density at radius 2 is 2.27 bits per heavy atom. The van der Waals surface area contributed by atoms with Crippen molar-refractivity contribution in [3.63, 3.8) is 0 Å². The van der Waals surface area contributed by atoms with E-state index in [9.17, 15) is 4.39 Å². The lowest BCUT2D eigenvalue weighted by Gasteiger charge is -2.12. The number of benzene rings is 1. The van der Waals surface area contributed by atoms with Crippen LogP contribution in [0.2, 0.25) is 5.02 Å². The van der Waals surface area contributed by atoms with E-state index in [0.29, 0.717) is 5.92 Å². The van der Waals surface area contributed by atoms with Crippen molar-refractivity contribution in [2.24, 2.45) is 5.92 Å². The third-order valence-electron chi connectivity index (χ3n) is 3.56. The molecule has 1 aromatic rings. The van der Waals surface area contributed by atoms with Gasteiger partial charge in [-0.1, -0.05) is 17.7 Å². The zero-order valence-corrected chi connectivity index (χ0v) is 9.67. The van der Waals surface area contributed by atoms with Gasteiger partial charge < -0.3 is 5.32 Å². The van der Waals surface area contributed by atoms with Crippen molar-refractivity contribution in [3.05, 3.63) is 34.6 Å². The van der Waals surface area contributed by atoms with Crippen LogP contribution in [0.4, 0.5) is 4.39 Å². The Kier molecular flexibility index (Phi) is 2.70. The lowest BCUT2D eigenvalue weighted by molar-refractivity contribution is 0.614. The summed E-state index contributed by atoms with van der Waals surface area (Å²) in [6, 6.07) is 5.21. The van der Waals surface area contributed by atoms with Crippen molar-refractivity contribution in [2.75, 3.05) is 13.1 Å². The van der Waals surface area contributed by atoms with Crippen LogP contribution >= 0.6 is 24.0 Å². The maximum atomic E-state index is 13.3. The molecule has 2 atom stereocenters. The SMILES string of the molecule is Cl.Fc1cc([C@]23CNC[C@H]2C3)ccc1Cl. The summed E-state index contributed by atoms with van der Waals surface area (Å²) in [5, 5.41) is 3.56. The molecule has 2 fully saturated rings. The molecule has 82 valence electrons. The van der Waals surface area contributed by atoms with Gasteiger partial charge >= 0.3 is 0 Å². The molecule has 0 spiro atoms. The van der Waals surface area contributed by atoms with Gasteiger partial charge in [0.25, 0.3) is 0 Å². The first kappa shape index (κ1) is 11.2. The molecule has 1 N–H and O–H groups in total. The highest BCUT2D eigenvalue weighted by molar-refractivity contribution is 6.30. The smallest absolute Gasteiger partial charge is 0.142 e. The van der Waals surface area contributed by atoms with Crippen molar-refractivity contribution in [1.82, 2.24) is 5.32 Å². The van der Waals surface area contributed by atoms with Gasteiger partial charge in [0.15, 0.2) is 0 Å². The fourth-order valence-corrected chi connectivity index (χ4v) is 2.71. The molecular weight excluding hydrogens is 236 g/mol. The van der Waals surface area contributed by atoms with Gasteiger partial charge in [0.05, 0.1) is 5.02 Å². The molecular formula is C11H12Cl2FN. The molecule has 2 aliphatic rings. The minimum Gasteiger partial charge on any atom is -0.316 e. The quantitative estimate of drug-likeness (QED) is 0.805. The predicted molar refractivity (Wildman–Crippen MR) is 61.3 cm³/mol. The van der Waals surface area contributed by atoms with Crippen LogP contribution in [0.3, 0.4) is 0 Å². The van der Waals surface area contributed by atoms with Crippen molar-refractivity contribution in [3.8, 4) is 0 Å². The molecule has 0 bridgehead atoms. The minimum absolute atomic E-state index is 0. The average Bonchev–Trinajstić information content (AvgIpc) is 2.75. The van der Waals surface area contributed by atoms with Crippen molar-refractivity contribution in [1.29, 1.82) is 0 Å². The first-order valence-electron chi connectivity index (χ1n) is 4.89. The standard InChI is InChI=1S/C11H11ClFN.ClH/c12-9-2-1-7(3-10(9)13)11-4-8(11)5-14-6-11;/h1-3,8,14H,4-6H2;1H/t8-,11+;/m1./s1. The van der Waals surface area contributed by atoms with E-state index in [2.05, 4.69) is 5.32 Å². The molecule has 0 amide bonds. The second-order valence-corrected chi connectivity index (χ2v) is 4.72. The number of fused-ring (bicyclic) bond motifs is 1. The highest BCUT2D eigenvalue weighted by atomic mass is 35.5. The molecule has 1 aliphatic carbocycles. The molecule has 1 heterocycles. The van der Waals surface area contributed by atoms with E-state index in [4.69, 9.17) is 11.6 Å². The molecule has 1 saturated carbocycles. The predicted octanol–water partition coefficient (Wildman–Crippen LogP) is 2.76. The highest BCUT2D eigenvalue weighted by Gasteiger charge is 2.58. The van der Waals surface area contributed by atoms with Gasteiger partial charge in [-0.15, -0.1) is 12.4 Å². The molecule has 0 unspecified atom stereocenters. The van der Waals surface area contributed by atoms with Gasteiger partial charge in [-0.3, -0.25) is 0 Å². The largest absolute Gasteiger partial charge is 0.316 e. The minimum atomic E-state index is -0.295. The Labute approximate surface area is 99.4 Å². The summed E-state index contributed by atoms with van der Waals surface area (Å²) in [5.74, 6) is 0.416. The third-order valence-corrected chi connectivity index (χ3v) is 3.86. The molecule has 0 radical (unpaired) electrons. The molecule has 1 aliphatic heterocycles. The molecule has 3 rings (SSSR count). The number of nitrogens with one attached hydrogen (secondary N) is 1. The summed E-state index contributed by atoms with van der Waals surface area (Å²) in [5.41, 5.74) is 1.33. The van der Waals surface area contributed by atoms with Crippen LogP contribution in [-0.2, 0) is 5.41 Å². The second kappa shape index (κ2) is 3.62. The summed E-state index contributed by atoms with van der Waals surface area (Å²) < 4.78 is 13.3. The molecule has 4 heteroatoms. The van der Waals surface area contributed by atoms with Crippen molar-refractivity contribution in [2.45, 2.75) is 11.8 Å². The van der Waals surface area contributed by atoms with Crippen LogP contribution in [-0.4, -0.2) is 13.1 Å². The van der Waals surface area contributed by atoms with Gasteiger partial charge in [-0.05, 0) is 36.6 Å². The van der Waals surface area contributed by atoms with E-state index < -0.39 is 0 Å². The zero-order valence-electron chi connectivity index (χ0n) is 8.09. The van der Waals surface area contributed by atoms with Crippen LogP contribution in [0.5, 0.6) is 0 Å². The maximum absolute atomic E-state index is 13.3. The van der Waals surface area contributed by atoms with Crippen LogP contribution in [0.1, 0.15) is 12.0 Å². The van der Waals surface area contributed by atoms with Crippen molar-refractivity contribution >= 4 is 24.0 Å². The lowest BCUT2D eigenvalue weighted by Crippen LogP contribution is -2.19. The third kappa shape index (κ3) is 1.55. The molecule has 1 saturated heterocycles. The Morgan fingerprint density at radius 1 is 1.47 bits per heavy atom. The number of hydrogen-bond acceptors (Lipinski definition) is 1. The van der Waals surface area contributed by atoms with Crippen LogP contribution < -0.4 is 5.32 Å². The lowest BCUT2D eigenvalue weighted by atomic mass is 9.95. The van der Waals surface area contributed by atoms with E-state index in [0.717, 1.165) is 18.7 Å². The summed E-state index contributed by atoms with van der Waals surface area (Å²) in [4.78, 5) is 0. The Balaban J connectivity index is 0.000000853. The van der Waals surface area contributed by atoms with Crippen molar-refractivity contribution < 1.29 is 4.39 Å². The van der Waals surface area contributed by atoms with E-state index in [1.807, 2.05) is 6.07 Å². The fourth-order valence-electron chi connectivity index (χ4n) is 2.60. The van der Waals surface area contributed by atoms with Crippen LogP contribution in [0, 0.1) is 11.7 Å².